The molecule has 7 nitrogen and oxygen atoms in total. The molecule has 1 N–H and O–H groups in total. The van der Waals surface area contributed by atoms with Crippen LogP contribution in [-0.2, 0) is 13.5 Å². The van der Waals surface area contributed by atoms with Gasteiger partial charge in [-0.1, -0.05) is 23.5 Å². The molecule has 17 heavy (non-hydrogen) atoms. The number of anilines is 1. The Morgan fingerprint density at radius 3 is 2.94 bits per heavy atom. The first-order chi connectivity index (χ1) is 8.19. The van der Waals surface area contributed by atoms with Crippen molar-refractivity contribution in [3.05, 3.63) is 16.9 Å². The van der Waals surface area contributed by atoms with Crippen LogP contribution < -0.4 is 5.32 Å². The van der Waals surface area contributed by atoms with Gasteiger partial charge in [-0.2, -0.15) is 0 Å². The molecule has 0 aliphatic heterocycles. The molecule has 0 radical (unpaired) electrons. The molecule has 2 aromatic rings. The first-order valence-electron chi connectivity index (χ1n) is 5.19. The number of nitrogens with one attached hydrogen (secondary N) is 1. The highest BCUT2D eigenvalue weighted by atomic mass is 32.1. The number of amides is 1. The van der Waals surface area contributed by atoms with Gasteiger partial charge >= 0.3 is 0 Å². The summed E-state index contributed by atoms with van der Waals surface area (Å²) in [6.45, 7) is 2.07. The third-order valence-electron chi connectivity index (χ3n) is 1.99. The van der Waals surface area contributed by atoms with Gasteiger partial charge in [-0.25, -0.2) is 0 Å². The normalized spacial score (nSPS) is 10.5. The maximum absolute atomic E-state index is 11.7. The average molecular weight is 252 g/mol. The zero-order chi connectivity index (χ0) is 12.3. The molecule has 0 aliphatic rings. The molecule has 0 aromatic carbocycles. The highest BCUT2D eigenvalue weighted by Crippen LogP contribution is 2.16. The van der Waals surface area contributed by atoms with Crippen LogP contribution in [-0.4, -0.2) is 31.1 Å². The molecule has 0 saturated carbocycles. The molecule has 0 atom stereocenters. The number of aryl methyl sites for hydroxylation is 2. The van der Waals surface area contributed by atoms with E-state index >= 15 is 0 Å². The van der Waals surface area contributed by atoms with Crippen molar-refractivity contribution in [2.24, 2.45) is 7.05 Å². The minimum Gasteiger partial charge on any atom is -0.295 e. The molecule has 0 saturated heterocycles. The molecule has 2 aromatic heterocycles. The summed E-state index contributed by atoms with van der Waals surface area (Å²) < 4.78 is 1.47. The van der Waals surface area contributed by atoms with E-state index in [9.17, 15) is 4.79 Å². The van der Waals surface area contributed by atoms with E-state index in [1.807, 2.05) is 0 Å². The van der Waals surface area contributed by atoms with Gasteiger partial charge in [-0.05, 0) is 6.42 Å². The van der Waals surface area contributed by atoms with Crippen molar-refractivity contribution >= 4 is 22.4 Å². The van der Waals surface area contributed by atoms with Gasteiger partial charge in [0, 0.05) is 13.5 Å². The van der Waals surface area contributed by atoms with Crippen LogP contribution in [0.2, 0.25) is 0 Å². The smallest absolute Gasteiger partial charge is 0.279 e. The minimum atomic E-state index is -0.322. The first kappa shape index (κ1) is 11.6. The van der Waals surface area contributed by atoms with E-state index < -0.39 is 0 Å². The maximum Gasteiger partial charge on any atom is 0.279 e. The van der Waals surface area contributed by atoms with Gasteiger partial charge in [0.2, 0.25) is 5.13 Å². The number of carbonyl (C=O) groups excluding carboxylic acids is 1. The zero-order valence-corrected chi connectivity index (χ0v) is 10.4. The number of aromatic nitrogens is 5. The van der Waals surface area contributed by atoms with Crippen LogP contribution in [0.1, 0.15) is 28.8 Å². The SMILES string of the molecule is CCCc1nnc(NC(=O)c2cn(C)nn2)s1. The summed E-state index contributed by atoms with van der Waals surface area (Å²) in [4.78, 5) is 11.7. The molecule has 0 aliphatic carbocycles. The van der Waals surface area contributed by atoms with Crippen molar-refractivity contribution in [1.82, 2.24) is 25.2 Å². The van der Waals surface area contributed by atoms with Crippen molar-refractivity contribution in [3.8, 4) is 0 Å². The van der Waals surface area contributed by atoms with Gasteiger partial charge in [-0.3, -0.25) is 14.8 Å². The summed E-state index contributed by atoms with van der Waals surface area (Å²) in [6, 6.07) is 0. The maximum atomic E-state index is 11.7. The Labute approximate surface area is 102 Å². The van der Waals surface area contributed by atoms with Crippen LogP contribution in [0, 0.1) is 0 Å². The molecule has 2 rings (SSSR count). The summed E-state index contributed by atoms with van der Waals surface area (Å²) in [5.41, 5.74) is 0.264. The standard InChI is InChI=1S/C9H12N6OS/c1-3-4-7-12-13-9(17-7)10-8(16)6-5-15(2)14-11-6/h5H,3-4H2,1-2H3,(H,10,13,16). The number of carbonyl (C=O) groups is 1. The Morgan fingerprint density at radius 1 is 1.47 bits per heavy atom. The van der Waals surface area contributed by atoms with E-state index in [0.717, 1.165) is 17.8 Å². The van der Waals surface area contributed by atoms with Crippen LogP contribution >= 0.6 is 11.3 Å². The van der Waals surface area contributed by atoms with Gasteiger partial charge in [0.1, 0.15) is 5.01 Å². The summed E-state index contributed by atoms with van der Waals surface area (Å²) in [5, 5.41) is 19.3. The van der Waals surface area contributed by atoms with Gasteiger partial charge in [0.05, 0.1) is 6.20 Å². The number of nitrogens with zero attached hydrogens (tertiary/aromatic N) is 5. The number of hydrogen-bond acceptors (Lipinski definition) is 6. The first-order valence-corrected chi connectivity index (χ1v) is 6.00. The largest absolute Gasteiger partial charge is 0.295 e. The summed E-state index contributed by atoms with van der Waals surface area (Å²) in [7, 11) is 1.70. The minimum absolute atomic E-state index is 0.264. The monoisotopic (exact) mass is 252 g/mol. The van der Waals surface area contributed by atoms with Crippen LogP contribution in [0.3, 0.4) is 0 Å². The van der Waals surface area contributed by atoms with E-state index in [1.54, 1.807) is 13.2 Å². The van der Waals surface area contributed by atoms with E-state index in [1.165, 1.54) is 16.0 Å². The van der Waals surface area contributed by atoms with Gasteiger partial charge < -0.3 is 0 Å². The summed E-state index contributed by atoms with van der Waals surface area (Å²) in [5.74, 6) is -0.322. The molecular weight excluding hydrogens is 240 g/mol. The quantitative estimate of drug-likeness (QED) is 0.872. The van der Waals surface area contributed by atoms with Crippen LogP contribution in [0.25, 0.3) is 0 Å². The van der Waals surface area contributed by atoms with E-state index in [-0.39, 0.29) is 11.6 Å². The lowest BCUT2D eigenvalue weighted by Gasteiger charge is -1.94. The molecule has 0 spiro atoms. The molecule has 8 heteroatoms. The lowest BCUT2D eigenvalue weighted by Crippen LogP contribution is -2.12. The molecule has 90 valence electrons. The van der Waals surface area contributed by atoms with Crippen molar-refractivity contribution in [2.45, 2.75) is 19.8 Å². The lowest BCUT2D eigenvalue weighted by molar-refractivity contribution is 0.102. The van der Waals surface area contributed by atoms with E-state index in [4.69, 9.17) is 0 Å². The van der Waals surface area contributed by atoms with Crippen molar-refractivity contribution in [2.75, 3.05) is 5.32 Å². The zero-order valence-electron chi connectivity index (χ0n) is 9.54. The van der Waals surface area contributed by atoms with E-state index in [2.05, 4.69) is 32.7 Å². The summed E-state index contributed by atoms with van der Waals surface area (Å²) >= 11 is 1.38. The average Bonchev–Trinajstić information content (AvgIpc) is 2.88. The molecule has 0 fully saturated rings. The topological polar surface area (TPSA) is 85.6 Å². The highest BCUT2D eigenvalue weighted by Gasteiger charge is 2.12. The van der Waals surface area contributed by atoms with Crippen LogP contribution in [0.15, 0.2) is 6.20 Å². The second-order valence-corrected chi connectivity index (χ2v) is 4.54. The predicted molar refractivity (Wildman–Crippen MR) is 62.9 cm³/mol. The third kappa shape index (κ3) is 2.84. The lowest BCUT2D eigenvalue weighted by atomic mass is 10.4. The second-order valence-electron chi connectivity index (χ2n) is 3.48. The van der Waals surface area contributed by atoms with Crippen molar-refractivity contribution in [1.29, 1.82) is 0 Å². The fraction of sp³-hybridized carbons (Fsp3) is 0.444. The van der Waals surface area contributed by atoms with Crippen LogP contribution in [0.4, 0.5) is 5.13 Å². The molecule has 1 amide bonds. The van der Waals surface area contributed by atoms with E-state index in [0.29, 0.717) is 5.13 Å². The predicted octanol–water partition coefficient (Wildman–Crippen LogP) is 0.871. The van der Waals surface area contributed by atoms with Gasteiger partial charge in [-0.15, -0.1) is 15.3 Å². The second kappa shape index (κ2) is 5.00. The molecule has 2 heterocycles. The molecular formula is C9H12N6OS. The Balaban J connectivity index is 2.02. The van der Waals surface area contributed by atoms with Crippen molar-refractivity contribution in [3.63, 3.8) is 0 Å². The van der Waals surface area contributed by atoms with Crippen LogP contribution in [0.5, 0.6) is 0 Å². The highest BCUT2D eigenvalue weighted by molar-refractivity contribution is 7.15. The third-order valence-corrected chi connectivity index (χ3v) is 2.88. The Bertz CT molecular complexity index is 519. The Morgan fingerprint density at radius 2 is 2.29 bits per heavy atom. The fourth-order valence-electron chi connectivity index (χ4n) is 1.23. The van der Waals surface area contributed by atoms with Crippen molar-refractivity contribution < 1.29 is 4.79 Å². The van der Waals surface area contributed by atoms with Gasteiger partial charge in [0.15, 0.2) is 5.69 Å². The number of rotatable bonds is 4. The fourth-order valence-corrected chi connectivity index (χ4v) is 2.07. The number of hydrogen-bond donors (Lipinski definition) is 1. The summed E-state index contributed by atoms with van der Waals surface area (Å²) in [6.07, 6.45) is 3.43. The molecule has 0 unspecified atom stereocenters. The Kier molecular flexibility index (Phi) is 3.43. The van der Waals surface area contributed by atoms with Gasteiger partial charge in [0.25, 0.3) is 5.91 Å². The Hall–Kier alpha value is -1.83. The molecule has 0 bridgehead atoms.